The first-order chi connectivity index (χ1) is 10.1. The average Bonchev–Trinajstić information content (AvgIpc) is 3.00. The summed E-state index contributed by atoms with van der Waals surface area (Å²) in [5.74, 6) is -0.327. The molecule has 0 aromatic carbocycles. The summed E-state index contributed by atoms with van der Waals surface area (Å²) < 4.78 is 0. The van der Waals surface area contributed by atoms with Gasteiger partial charge in [-0.25, -0.2) is 0 Å². The molecular formula is C15H26N4O2. The van der Waals surface area contributed by atoms with E-state index in [0.717, 1.165) is 50.9 Å². The second kappa shape index (κ2) is 7.56. The number of nitrogens with zero attached hydrogens (tertiary/aromatic N) is 2. The van der Waals surface area contributed by atoms with Crippen LogP contribution in [0.15, 0.2) is 11.8 Å². The fourth-order valence-electron chi connectivity index (χ4n) is 3.08. The van der Waals surface area contributed by atoms with Crippen LogP contribution in [0.4, 0.5) is 0 Å². The fourth-order valence-corrected chi connectivity index (χ4v) is 3.08. The van der Waals surface area contributed by atoms with E-state index in [4.69, 9.17) is 5.73 Å². The molecule has 0 saturated carbocycles. The Hall–Kier alpha value is -1.40. The van der Waals surface area contributed by atoms with E-state index < -0.39 is 0 Å². The monoisotopic (exact) mass is 294 g/mol. The van der Waals surface area contributed by atoms with Crippen molar-refractivity contribution in [2.75, 3.05) is 33.2 Å². The third-order valence-electron chi connectivity index (χ3n) is 4.34. The fraction of sp³-hybridized carbons (Fsp3) is 0.733. The van der Waals surface area contributed by atoms with E-state index in [1.54, 1.807) is 4.90 Å². The summed E-state index contributed by atoms with van der Waals surface area (Å²) in [6.45, 7) is 2.27. The van der Waals surface area contributed by atoms with Gasteiger partial charge in [-0.05, 0) is 45.2 Å². The largest absolute Gasteiger partial charge is 0.369 e. The van der Waals surface area contributed by atoms with E-state index in [-0.39, 0.29) is 30.9 Å². The molecule has 0 unspecified atom stereocenters. The molecule has 0 spiro atoms. The number of carbonyl (C=O) groups excluding carboxylic acids is 2. The molecule has 0 atom stereocenters. The predicted molar refractivity (Wildman–Crippen MR) is 81.4 cm³/mol. The summed E-state index contributed by atoms with van der Waals surface area (Å²) in [6.07, 6.45) is 7.16. The Kier molecular flexibility index (Phi) is 5.76. The van der Waals surface area contributed by atoms with Crippen molar-refractivity contribution in [1.82, 2.24) is 15.1 Å². The maximum atomic E-state index is 12.4. The second-order valence-corrected chi connectivity index (χ2v) is 5.89. The molecule has 1 fully saturated rings. The van der Waals surface area contributed by atoms with Crippen LogP contribution in [0.1, 0.15) is 32.1 Å². The van der Waals surface area contributed by atoms with Crippen LogP contribution in [0.2, 0.25) is 0 Å². The zero-order valence-corrected chi connectivity index (χ0v) is 12.8. The maximum absolute atomic E-state index is 12.4. The van der Waals surface area contributed by atoms with Crippen LogP contribution in [-0.2, 0) is 9.59 Å². The minimum atomic E-state index is -0.371. The molecule has 2 aliphatic rings. The Morgan fingerprint density at radius 2 is 2.05 bits per heavy atom. The van der Waals surface area contributed by atoms with Crippen LogP contribution in [0, 0.1) is 0 Å². The van der Waals surface area contributed by atoms with Gasteiger partial charge in [0.05, 0.1) is 13.1 Å². The van der Waals surface area contributed by atoms with Crippen molar-refractivity contribution in [3.05, 3.63) is 11.8 Å². The number of carbonyl (C=O) groups is 2. The van der Waals surface area contributed by atoms with Crippen LogP contribution >= 0.6 is 0 Å². The van der Waals surface area contributed by atoms with Gasteiger partial charge in [-0.2, -0.15) is 0 Å². The molecule has 1 aliphatic heterocycles. The molecule has 2 amide bonds. The van der Waals surface area contributed by atoms with Crippen molar-refractivity contribution in [1.29, 1.82) is 0 Å². The molecule has 6 heteroatoms. The van der Waals surface area contributed by atoms with Crippen molar-refractivity contribution in [3.63, 3.8) is 0 Å². The van der Waals surface area contributed by atoms with E-state index in [1.807, 2.05) is 11.9 Å². The quantitative estimate of drug-likeness (QED) is 0.725. The number of hydrogen-bond acceptors (Lipinski definition) is 4. The van der Waals surface area contributed by atoms with E-state index in [0.29, 0.717) is 0 Å². The summed E-state index contributed by atoms with van der Waals surface area (Å²) in [5, 5.41) is 3.30. The first kappa shape index (κ1) is 16.0. The van der Waals surface area contributed by atoms with Crippen LogP contribution in [0.5, 0.6) is 0 Å². The van der Waals surface area contributed by atoms with Gasteiger partial charge in [0, 0.05) is 18.8 Å². The molecule has 1 saturated heterocycles. The number of rotatable bonds is 6. The van der Waals surface area contributed by atoms with Crippen LogP contribution in [0.3, 0.4) is 0 Å². The van der Waals surface area contributed by atoms with E-state index in [2.05, 4.69) is 11.4 Å². The third-order valence-corrected chi connectivity index (χ3v) is 4.34. The van der Waals surface area contributed by atoms with Crippen molar-refractivity contribution in [3.8, 4) is 0 Å². The average molecular weight is 294 g/mol. The zero-order valence-electron chi connectivity index (χ0n) is 12.8. The van der Waals surface area contributed by atoms with Gasteiger partial charge in [0.25, 0.3) is 0 Å². The zero-order chi connectivity index (χ0) is 15.2. The van der Waals surface area contributed by atoms with Crippen molar-refractivity contribution in [2.45, 2.75) is 38.1 Å². The maximum Gasteiger partial charge on any atom is 0.240 e. The number of nitrogens with two attached hydrogens (primary N) is 1. The Morgan fingerprint density at radius 1 is 1.33 bits per heavy atom. The number of allylic oxidation sites excluding steroid dienone is 2. The van der Waals surface area contributed by atoms with Gasteiger partial charge in [-0.3, -0.25) is 14.5 Å². The highest BCUT2D eigenvalue weighted by molar-refractivity contribution is 5.81. The molecule has 1 heterocycles. The summed E-state index contributed by atoms with van der Waals surface area (Å²) in [4.78, 5) is 27.4. The van der Waals surface area contributed by atoms with Gasteiger partial charge in [0.15, 0.2) is 0 Å². The second-order valence-electron chi connectivity index (χ2n) is 5.89. The van der Waals surface area contributed by atoms with Gasteiger partial charge < -0.3 is 16.0 Å². The van der Waals surface area contributed by atoms with Gasteiger partial charge >= 0.3 is 0 Å². The van der Waals surface area contributed by atoms with Crippen LogP contribution < -0.4 is 11.1 Å². The number of primary amides is 1. The molecule has 1 aliphatic carbocycles. The van der Waals surface area contributed by atoms with E-state index >= 15 is 0 Å². The van der Waals surface area contributed by atoms with Crippen LogP contribution in [0.25, 0.3) is 0 Å². The molecule has 2 rings (SSSR count). The SMILES string of the molecule is CN(C(=O)CN(CC(N)=O)C1CCNCC1)C1=CCCC1. The van der Waals surface area contributed by atoms with Gasteiger partial charge in [0.1, 0.15) is 0 Å². The minimum absolute atomic E-state index is 0.0444. The number of hydrogen-bond donors (Lipinski definition) is 2. The summed E-state index contributed by atoms with van der Waals surface area (Å²) in [5.41, 5.74) is 6.44. The van der Waals surface area contributed by atoms with Crippen molar-refractivity contribution >= 4 is 11.8 Å². The smallest absolute Gasteiger partial charge is 0.240 e. The Balaban J connectivity index is 1.96. The lowest BCUT2D eigenvalue weighted by Crippen LogP contribution is -2.50. The molecular weight excluding hydrogens is 268 g/mol. The Morgan fingerprint density at radius 3 is 2.62 bits per heavy atom. The molecule has 21 heavy (non-hydrogen) atoms. The molecule has 0 bridgehead atoms. The lowest BCUT2D eigenvalue weighted by Gasteiger charge is -2.34. The minimum Gasteiger partial charge on any atom is -0.369 e. The topological polar surface area (TPSA) is 78.7 Å². The first-order valence-electron chi connectivity index (χ1n) is 7.76. The number of piperidine rings is 1. The summed E-state index contributed by atoms with van der Waals surface area (Å²) in [6, 6.07) is 0.258. The highest BCUT2D eigenvalue weighted by Crippen LogP contribution is 2.21. The highest BCUT2D eigenvalue weighted by atomic mass is 16.2. The summed E-state index contributed by atoms with van der Waals surface area (Å²) >= 11 is 0. The molecule has 0 aromatic rings. The van der Waals surface area contributed by atoms with Crippen molar-refractivity contribution in [2.24, 2.45) is 5.73 Å². The number of likely N-dealkylation sites (N-methyl/N-ethyl adjacent to an activating group) is 1. The van der Waals surface area contributed by atoms with Gasteiger partial charge in [-0.1, -0.05) is 6.08 Å². The standard InChI is InChI=1S/C15H26N4O2/c1-18(12-4-2-3-5-12)15(21)11-19(10-14(16)20)13-6-8-17-9-7-13/h4,13,17H,2-3,5-11H2,1H3,(H2,16,20). The Bertz CT molecular complexity index is 416. The number of nitrogens with one attached hydrogen (secondary N) is 1. The molecule has 0 aromatic heterocycles. The summed E-state index contributed by atoms with van der Waals surface area (Å²) in [7, 11) is 1.82. The molecule has 118 valence electrons. The lowest BCUT2D eigenvalue weighted by molar-refractivity contribution is -0.131. The van der Waals surface area contributed by atoms with Crippen molar-refractivity contribution < 1.29 is 9.59 Å². The van der Waals surface area contributed by atoms with Crippen LogP contribution in [-0.4, -0.2) is 60.9 Å². The first-order valence-corrected chi connectivity index (χ1v) is 7.76. The van der Waals surface area contributed by atoms with Gasteiger partial charge in [-0.15, -0.1) is 0 Å². The van der Waals surface area contributed by atoms with E-state index in [1.165, 1.54) is 0 Å². The third kappa shape index (κ3) is 4.54. The van der Waals surface area contributed by atoms with E-state index in [9.17, 15) is 9.59 Å². The highest BCUT2D eigenvalue weighted by Gasteiger charge is 2.26. The Labute approximate surface area is 126 Å². The molecule has 6 nitrogen and oxygen atoms in total. The van der Waals surface area contributed by atoms with Gasteiger partial charge in [0.2, 0.25) is 11.8 Å². The normalized spacial score (nSPS) is 19.6. The lowest BCUT2D eigenvalue weighted by atomic mass is 10.0. The molecule has 3 N–H and O–H groups in total. The molecule has 0 radical (unpaired) electrons. The predicted octanol–water partition coefficient (Wildman–Crippen LogP) is 0.0519. The number of amides is 2.